The Morgan fingerprint density at radius 2 is 1.96 bits per heavy atom. The highest BCUT2D eigenvalue weighted by molar-refractivity contribution is 5.92. The van der Waals surface area contributed by atoms with Crippen molar-refractivity contribution in [2.24, 2.45) is 11.8 Å². The van der Waals surface area contributed by atoms with E-state index in [1.807, 2.05) is 10.7 Å². The van der Waals surface area contributed by atoms with Crippen LogP contribution >= 0.6 is 0 Å². The van der Waals surface area contributed by atoms with Crippen LogP contribution < -0.4 is 0 Å². The third-order valence-corrected chi connectivity index (χ3v) is 6.42. The molecule has 0 radical (unpaired) electrons. The predicted molar refractivity (Wildman–Crippen MR) is 102 cm³/mol. The summed E-state index contributed by atoms with van der Waals surface area (Å²) in [5, 5.41) is 9.99. The van der Waals surface area contributed by atoms with Gasteiger partial charge in [0.15, 0.2) is 0 Å². The molecule has 1 N–H and O–H groups in total. The molecule has 0 unspecified atom stereocenters. The van der Waals surface area contributed by atoms with Crippen molar-refractivity contribution >= 4 is 16.6 Å². The van der Waals surface area contributed by atoms with E-state index in [1.165, 1.54) is 58.0 Å². The lowest BCUT2D eigenvalue weighted by Crippen LogP contribution is -2.29. The maximum Gasteiger partial charge on any atom is 0.141 e. The Kier molecular flexibility index (Phi) is 4.15. The highest BCUT2D eigenvalue weighted by Gasteiger charge is 2.28. The van der Waals surface area contributed by atoms with Crippen molar-refractivity contribution in [1.82, 2.24) is 29.7 Å². The monoisotopic (exact) mass is 352 g/mol. The molecule has 2 fully saturated rings. The second-order valence-corrected chi connectivity index (χ2v) is 8.46. The minimum absolute atomic E-state index is 0.529. The minimum atomic E-state index is 0.529. The first-order valence-electron chi connectivity index (χ1n) is 10.1. The molecular formula is C20H28N6. The Labute approximate surface area is 154 Å². The number of aromatic nitrogens is 5. The van der Waals surface area contributed by atoms with Crippen LogP contribution in [0.3, 0.4) is 0 Å². The molecule has 3 heterocycles. The number of hydrogen-bond acceptors (Lipinski definition) is 4. The Bertz CT molecular complexity index is 884. The van der Waals surface area contributed by atoms with Crippen molar-refractivity contribution < 1.29 is 0 Å². The van der Waals surface area contributed by atoms with Crippen molar-refractivity contribution in [3.63, 3.8) is 0 Å². The molecule has 3 aromatic heterocycles. The minimum Gasteiger partial charge on any atom is -0.346 e. The maximum absolute atomic E-state index is 4.54. The van der Waals surface area contributed by atoms with Gasteiger partial charge >= 0.3 is 0 Å². The Hall–Kier alpha value is -1.95. The molecule has 2 saturated carbocycles. The van der Waals surface area contributed by atoms with Gasteiger partial charge in [0, 0.05) is 24.0 Å². The second kappa shape index (κ2) is 6.65. The topological polar surface area (TPSA) is 62.1 Å². The summed E-state index contributed by atoms with van der Waals surface area (Å²) < 4.78 is 1.84. The summed E-state index contributed by atoms with van der Waals surface area (Å²) in [5.74, 6) is 2.40. The quantitative estimate of drug-likeness (QED) is 0.736. The first-order valence-corrected chi connectivity index (χ1v) is 10.1. The number of hydrogen-bond donors (Lipinski definition) is 1. The fourth-order valence-electron chi connectivity index (χ4n) is 4.65. The number of fused-ring (bicyclic) bond motifs is 3. The molecule has 0 saturated heterocycles. The van der Waals surface area contributed by atoms with Crippen LogP contribution in [0.5, 0.6) is 0 Å². The Morgan fingerprint density at radius 3 is 2.77 bits per heavy atom. The molecule has 6 nitrogen and oxygen atoms in total. The summed E-state index contributed by atoms with van der Waals surface area (Å²) >= 11 is 0. The van der Waals surface area contributed by atoms with E-state index >= 15 is 0 Å². The fraction of sp³-hybridized carbons (Fsp3) is 0.650. The molecule has 0 amide bonds. The smallest absolute Gasteiger partial charge is 0.141 e. The third kappa shape index (κ3) is 3.11. The number of nitrogens with one attached hydrogen (secondary N) is 1. The van der Waals surface area contributed by atoms with E-state index in [1.54, 1.807) is 6.33 Å². The van der Waals surface area contributed by atoms with Crippen LogP contribution in [0.2, 0.25) is 0 Å². The van der Waals surface area contributed by atoms with Gasteiger partial charge < -0.3 is 9.88 Å². The molecule has 26 heavy (non-hydrogen) atoms. The first-order chi connectivity index (χ1) is 12.8. The Morgan fingerprint density at radius 1 is 1.15 bits per heavy atom. The molecule has 2 aliphatic rings. The summed E-state index contributed by atoms with van der Waals surface area (Å²) in [6.07, 6.45) is 13.1. The SMILES string of the molecule is CN(CCC1CC1)CC1CCC(c2nnn3cnc4[nH]ccc4c23)CC1. The number of aromatic amines is 1. The van der Waals surface area contributed by atoms with E-state index in [0.29, 0.717) is 5.92 Å². The van der Waals surface area contributed by atoms with Gasteiger partial charge in [-0.25, -0.2) is 9.50 Å². The normalized spacial score (nSPS) is 24.1. The van der Waals surface area contributed by atoms with Crippen molar-refractivity contribution in [2.75, 3.05) is 20.1 Å². The zero-order valence-electron chi connectivity index (χ0n) is 15.6. The maximum atomic E-state index is 4.54. The van der Waals surface area contributed by atoms with Crippen molar-refractivity contribution in [1.29, 1.82) is 0 Å². The molecule has 138 valence electrons. The van der Waals surface area contributed by atoms with E-state index in [9.17, 15) is 0 Å². The summed E-state index contributed by atoms with van der Waals surface area (Å²) in [6, 6.07) is 2.09. The molecule has 0 spiro atoms. The number of H-pyrrole nitrogens is 1. The van der Waals surface area contributed by atoms with E-state index in [-0.39, 0.29) is 0 Å². The van der Waals surface area contributed by atoms with E-state index in [4.69, 9.17) is 0 Å². The van der Waals surface area contributed by atoms with Crippen LogP contribution in [-0.2, 0) is 0 Å². The molecule has 0 atom stereocenters. The van der Waals surface area contributed by atoms with Gasteiger partial charge in [-0.3, -0.25) is 0 Å². The molecule has 6 heteroatoms. The zero-order chi connectivity index (χ0) is 17.5. The van der Waals surface area contributed by atoms with Crippen LogP contribution in [0.25, 0.3) is 16.6 Å². The van der Waals surface area contributed by atoms with Gasteiger partial charge in [-0.1, -0.05) is 18.1 Å². The lowest BCUT2D eigenvalue weighted by molar-refractivity contribution is 0.219. The number of rotatable bonds is 6. The lowest BCUT2D eigenvalue weighted by Gasteiger charge is -2.30. The first kappa shape index (κ1) is 16.2. The van der Waals surface area contributed by atoms with Crippen LogP contribution in [0.15, 0.2) is 18.6 Å². The molecule has 0 aliphatic heterocycles. The van der Waals surface area contributed by atoms with Gasteiger partial charge in [0.1, 0.15) is 17.5 Å². The molecule has 0 bridgehead atoms. The van der Waals surface area contributed by atoms with Crippen LogP contribution in [0.1, 0.15) is 56.6 Å². The largest absolute Gasteiger partial charge is 0.346 e. The van der Waals surface area contributed by atoms with Crippen molar-refractivity contribution in [3.05, 3.63) is 24.3 Å². The third-order valence-electron chi connectivity index (χ3n) is 6.42. The van der Waals surface area contributed by atoms with Crippen molar-refractivity contribution in [3.8, 4) is 0 Å². The van der Waals surface area contributed by atoms with Crippen LogP contribution in [0.4, 0.5) is 0 Å². The highest BCUT2D eigenvalue weighted by Crippen LogP contribution is 2.38. The van der Waals surface area contributed by atoms with E-state index in [2.05, 4.69) is 38.3 Å². The lowest BCUT2D eigenvalue weighted by atomic mass is 9.80. The van der Waals surface area contributed by atoms with E-state index < -0.39 is 0 Å². The predicted octanol–water partition coefficient (Wildman–Crippen LogP) is 3.61. The summed E-state index contributed by atoms with van der Waals surface area (Å²) in [7, 11) is 2.30. The molecule has 3 aromatic rings. The van der Waals surface area contributed by atoms with E-state index in [0.717, 1.165) is 34.1 Å². The summed E-state index contributed by atoms with van der Waals surface area (Å²) in [4.78, 5) is 10.2. The number of nitrogens with zero attached hydrogens (tertiary/aromatic N) is 5. The van der Waals surface area contributed by atoms with Gasteiger partial charge in [-0.05, 0) is 63.6 Å². The molecule has 0 aromatic carbocycles. The van der Waals surface area contributed by atoms with Crippen molar-refractivity contribution in [2.45, 2.75) is 50.9 Å². The second-order valence-electron chi connectivity index (χ2n) is 8.46. The molecular weight excluding hydrogens is 324 g/mol. The van der Waals surface area contributed by atoms with Crippen LogP contribution in [-0.4, -0.2) is 49.8 Å². The summed E-state index contributed by atoms with van der Waals surface area (Å²) in [5.41, 5.74) is 3.23. The summed E-state index contributed by atoms with van der Waals surface area (Å²) in [6.45, 7) is 2.53. The average Bonchev–Trinajstić information content (AvgIpc) is 3.18. The molecule has 5 rings (SSSR count). The zero-order valence-corrected chi connectivity index (χ0v) is 15.6. The van der Waals surface area contributed by atoms with Crippen LogP contribution in [0, 0.1) is 11.8 Å². The van der Waals surface area contributed by atoms with Gasteiger partial charge in [-0.15, -0.1) is 5.10 Å². The molecule has 2 aliphatic carbocycles. The fourth-order valence-corrected chi connectivity index (χ4v) is 4.65. The Balaban J connectivity index is 1.25. The average molecular weight is 352 g/mol. The standard InChI is InChI=1S/C20H28N6/c1-25(11-9-14-2-3-14)12-15-4-6-16(7-5-15)18-19-17-8-10-21-20(17)22-13-26(19)24-23-18/h8,10,13-16,21H,2-7,9,11-12H2,1H3. The van der Waals surface area contributed by atoms with Gasteiger partial charge in [0.25, 0.3) is 0 Å². The van der Waals surface area contributed by atoms with Gasteiger partial charge in [0.2, 0.25) is 0 Å². The van der Waals surface area contributed by atoms with Gasteiger partial charge in [0.05, 0.1) is 5.69 Å². The highest BCUT2D eigenvalue weighted by atomic mass is 15.4. The van der Waals surface area contributed by atoms with Gasteiger partial charge in [-0.2, -0.15) is 0 Å².